The molecular formula is C16H25ClIN. The molecule has 108 valence electrons. The van der Waals surface area contributed by atoms with Crippen molar-refractivity contribution >= 4 is 34.2 Å². The van der Waals surface area contributed by atoms with Crippen LogP contribution in [-0.4, -0.2) is 6.54 Å². The van der Waals surface area contributed by atoms with Crippen LogP contribution in [0.3, 0.4) is 0 Å². The molecule has 0 spiro atoms. The summed E-state index contributed by atoms with van der Waals surface area (Å²) in [4.78, 5) is 0. The SMILES string of the molecule is CCCNC(CCC(C)(C)C)c1ccc(I)c(Cl)c1. The highest BCUT2D eigenvalue weighted by Gasteiger charge is 2.17. The van der Waals surface area contributed by atoms with Crippen molar-refractivity contribution in [2.45, 2.75) is 53.0 Å². The topological polar surface area (TPSA) is 12.0 Å². The Labute approximate surface area is 136 Å². The Morgan fingerprint density at radius 2 is 2.00 bits per heavy atom. The first-order chi connectivity index (χ1) is 8.83. The van der Waals surface area contributed by atoms with E-state index in [4.69, 9.17) is 11.6 Å². The molecule has 0 aliphatic carbocycles. The van der Waals surface area contributed by atoms with Crippen molar-refractivity contribution in [3.05, 3.63) is 32.4 Å². The maximum Gasteiger partial charge on any atom is 0.0542 e. The molecule has 0 saturated heterocycles. The lowest BCUT2D eigenvalue weighted by Gasteiger charge is -2.24. The van der Waals surface area contributed by atoms with Gasteiger partial charge < -0.3 is 5.32 Å². The largest absolute Gasteiger partial charge is 0.310 e. The van der Waals surface area contributed by atoms with Gasteiger partial charge in [0.2, 0.25) is 0 Å². The summed E-state index contributed by atoms with van der Waals surface area (Å²) in [5.41, 5.74) is 1.68. The van der Waals surface area contributed by atoms with Gasteiger partial charge in [-0.2, -0.15) is 0 Å². The second kappa shape index (κ2) is 7.84. The molecule has 1 N–H and O–H groups in total. The highest BCUT2D eigenvalue weighted by molar-refractivity contribution is 14.1. The van der Waals surface area contributed by atoms with E-state index in [1.807, 2.05) is 0 Å². The predicted molar refractivity (Wildman–Crippen MR) is 93.9 cm³/mol. The van der Waals surface area contributed by atoms with Gasteiger partial charge in [-0.25, -0.2) is 0 Å². The lowest BCUT2D eigenvalue weighted by atomic mass is 9.87. The second-order valence-electron chi connectivity index (χ2n) is 6.28. The van der Waals surface area contributed by atoms with E-state index in [1.165, 1.54) is 12.0 Å². The van der Waals surface area contributed by atoms with Gasteiger partial charge in [-0.3, -0.25) is 0 Å². The van der Waals surface area contributed by atoms with Crippen molar-refractivity contribution in [3.8, 4) is 0 Å². The minimum absolute atomic E-state index is 0.374. The Kier molecular flexibility index (Phi) is 7.12. The smallest absolute Gasteiger partial charge is 0.0542 e. The highest BCUT2D eigenvalue weighted by atomic mass is 127. The lowest BCUT2D eigenvalue weighted by Crippen LogP contribution is -2.23. The van der Waals surface area contributed by atoms with Crippen LogP contribution in [0.1, 0.15) is 58.6 Å². The van der Waals surface area contributed by atoms with Crippen molar-refractivity contribution in [2.24, 2.45) is 5.41 Å². The summed E-state index contributed by atoms with van der Waals surface area (Å²) in [6.45, 7) is 10.1. The monoisotopic (exact) mass is 393 g/mol. The van der Waals surface area contributed by atoms with Gasteiger partial charge in [-0.1, -0.05) is 45.4 Å². The Morgan fingerprint density at radius 1 is 1.32 bits per heavy atom. The van der Waals surface area contributed by atoms with E-state index in [2.05, 4.69) is 73.8 Å². The van der Waals surface area contributed by atoms with Crippen molar-refractivity contribution in [1.29, 1.82) is 0 Å². The van der Waals surface area contributed by atoms with Crippen LogP contribution in [0, 0.1) is 8.99 Å². The summed E-state index contributed by atoms with van der Waals surface area (Å²) < 4.78 is 1.12. The third-order valence-corrected chi connectivity index (χ3v) is 4.74. The first kappa shape index (κ1) is 17.3. The first-order valence-corrected chi connectivity index (χ1v) is 8.47. The van der Waals surface area contributed by atoms with Gasteiger partial charge in [0.1, 0.15) is 0 Å². The fourth-order valence-electron chi connectivity index (χ4n) is 2.01. The predicted octanol–water partition coefficient (Wildman–Crippen LogP) is 5.81. The average molecular weight is 394 g/mol. The van der Waals surface area contributed by atoms with Gasteiger partial charge >= 0.3 is 0 Å². The zero-order valence-corrected chi connectivity index (χ0v) is 15.3. The summed E-state index contributed by atoms with van der Waals surface area (Å²) in [5, 5.41) is 4.50. The molecule has 1 nitrogen and oxygen atoms in total. The normalized spacial score (nSPS) is 13.6. The third kappa shape index (κ3) is 6.46. The molecule has 3 heteroatoms. The van der Waals surface area contributed by atoms with Gasteiger partial charge in [0.25, 0.3) is 0 Å². The van der Waals surface area contributed by atoms with Crippen LogP contribution in [0.25, 0.3) is 0 Å². The highest BCUT2D eigenvalue weighted by Crippen LogP contribution is 2.29. The van der Waals surface area contributed by atoms with E-state index in [0.717, 1.165) is 28.0 Å². The van der Waals surface area contributed by atoms with Crippen LogP contribution >= 0.6 is 34.2 Å². The molecule has 0 heterocycles. The van der Waals surface area contributed by atoms with E-state index >= 15 is 0 Å². The number of hydrogen-bond acceptors (Lipinski definition) is 1. The quantitative estimate of drug-likeness (QED) is 0.601. The molecule has 0 radical (unpaired) electrons. The molecular weight excluding hydrogens is 369 g/mol. The minimum Gasteiger partial charge on any atom is -0.310 e. The molecule has 19 heavy (non-hydrogen) atoms. The van der Waals surface area contributed by atoms with E-state index in [9.17, 15) is 0 Å². The Hall–Kier alpha value is 0.200. The standard InChI is InChI=1S/C16H25ClIN/c1-5-10-19-15(8-9-16(2,3)4)12-6-7-14(18)13(17)11-12/h6-7,11,15,19H,5,8-10H2,1-4H3. The summed E-state index contributed by atoms with van der Waals surface area (Å²) in [5.74, 6) is 0. The molecule has 0 aliphatic heterocycles. The number of rotatable bonds is 6. The molecule has 1 aromatic rings. The maximum atomic E-state index is 6.25. The maximum absolute atomic E-state index is 6.25. The van der Waals surface area contributed by atoms with Crippen LogP contribution < -0.4 is 5.32 Å². The molecule has 1 aromatic carbocycles. The zero-order valence-electron chi connectivity index (χ0n) is 12.4. The van der Waals surface area contributed by atoms with Gasteiger partial charge in [-0.15, -0.1) is 0 Å². The Balaban J connectivity index is 2.79. The molecule has 1 atom stereocenters. The summed E-state index contributed by atoms with van der Waals surface area (Å²) >= 11 is 8.52. The van der Waals surface area contributed by atoms with Crippen molar-refractivity contribution in [3.63, 3.8) is 0 Å². The van der Waals surface area contributed by atoms with Crippen LogP contribution in [0.5, 0.6) is 0 Å². The van der Waals surface area contributed by atoms with Crippen LogP contribution in [-0.2, 0) is 0 Å². The molecule has 0 fully saturated rings. The molecule has 1 unspecified atom stereocenters. The molecule has 0 saturated carbocycles. The average Bonchev–Trinajstić information content (AvgIpc) is 2.32. The van der Waals surface area contributed by atoms with E-state index in [1.54, 1.807) is 0 Å². The summed E-state index contributed by atoms with van der Waals surface area (Å²) in [6, 6.07) is 6.83. The third-order valence-electron chi connectivity index (χ3n) is 3.17. The Morgan fingerprint density at radius 3 is 2.53 bits per heavy atom. The molecule has 0 bridgehead atoms. The fraction of sp³-hybridized carbons (Fsp3) is 0.625. The molecule has 0 aliphatic rings. The fourth-order valence-corrected chi connectivity index (χ4v) is 2.54. The zero-order chi connectivity index (χ0) is 14.5. The number of nitrogens with one attached hydrogen (secondary N) is 1. The number of halogens is 2. The Bertz CT molecular complexity index is 398. The lowest BCUT2D eigenvalue weighted by molar-refractivity contribution is 0.332. The molecule has 1 rings (SSSR count). The van der Waals surface area contributed by atoms with Gasteiger partial charge in [0.15, 0.2) is 0 Å². The summed E-state index contributed by atoms with van der Waals surface area (Å²) in [6.07, 6.45) is 3.52. The van der Waals surface area contributed by atoms with Gasteiger partial charge in [0, 0.05) is 9.61 Å². The minimum atomic E-state index is 0.374. The second-order valence-corrected chi connectivity index (χ2v) is 7.85. The van der Waals surface area contributed by atoms with Crippen molar-refractivity contribution in [1.82, 2.24) is 5.32 Å². The van der Waals surface area contributed by atoms with E-state index < -0.39 is 0 Å². The van der Waals surface area contributed by atoms with Crippen molar-refractivity contribution in [2.75, 3.05) is 6.54 Å². The summed E-state index contributed by atoms with van der Waals surface area (Å²) in [7, 11) is 0. The number of benzene rings is 1. The van der Waals surface area contributed by atoms with Crippen LogP contribution in [0.4, 0.5) is 0 Å². The van der Waals surface area contributed by atoms with Crippen molar-refractivity contribution < 1.29 is 0 Å². The molecule has 0 amide bonds. The van der Waals surface area contributed by atoms with Gasteiger partial charge in [-0.05, 0) is 71.5 Å². The first-order valence-electron chi connectivity index (χ1n) is 7.02. The van der Waals surface area contributed by atoms with E-state index in [-0.39, 0.29) is 0 Å². The van der Waals surface area contributed by atoms with Crippen LogP contribution in [0.15, 0.2) is 18.2 Å². The van der Waals surface area contributed by atoms with E-state index in [0.29, 0.717) is 11.5 Å². The van der Waals surface area contributed by atoms with Gasteiger partial charge in [0.05, 0.1) is 5.02 Å². The van der Waals surface area contributed by atoms with Crippen LogP contribution in [0.2, 0.25) is 5.02 Å². The number of hydrogen-bond donors (Lipinski definition) is 1. The molecule has 0 aromatic heterocycles.